The number of ether oxygens (including phenoxy) is 1. The van der Waals surface area contributed by atoms with E-state index in [0.29, 0.717) is 6.54 Å². The van der Waals surface area contributed by atoms with Gasteiger partial charge in [-0.15, -0.1) is 0 Å². The van der Waals surface area contributed by atoms with Gasteiger partial charge in [0.05, 0.1) is 13.2 Å². The second-order valence-corrected chi connectivity index (χ2v) is 9.08. The minimum absolute atomic E-state index is 0.0575. The van der Waals surface area contributed by atoms with Crippen molar-refractivity contribution in [2.24, 2.45) is 0 Å². The number of carbonyl (C=O) groups is 1. The van der Waals surface area contributed by atoms with Crippen LogP contribution < -0.4 is 10.1 Å². The number of aromatic nitrogens is 1. The van der Waals surface area contributed by atoms with Gasteiger partial charge in [0.15, 0.2) is 0 Å². The van der Waals surface area contributed by atoms with Gasteiger partial charge in [0.1, 0.15) is 5.75 Å². The second kappa shape index (κ2) is 13.6. The third-order valence-corrected chi connectivity index (χ3v) is 6.63. The first-order valence-corrected chi connectivity index (χ1v) is 12.7. The first-order chi connectivity index (χ1) is 17.7. The summed E-state index contributed by atoms with van der Waals surface area (Å²) in [6.45, 7) is 5.93. The van der Waals surface area contributed by atoms with Gasteiger partial charge in [0, 0.05) is 51.2 Å². The van der Waals surface area contributed by atoms with E-state index in [1.807, 2.05) is 12.1 Å². The number of benzene rings is 2. The molecule has 1 aromatic heterocycles. The fourth-order valence-corrected chi connectivity index (χ4v) is 4.66. The number of rotatable bonds is 11. The Morgan fingerprint density at radius 1 is 0.972 bits per heavy atom. The topological polar surface area (TPSA) is 57.7 Å². The number of nitrogens with one attached hydrogen (secondary N) is 1. The first-order valence-electron chi connectivity index (χ1n) is 12.7. The molecule has 1 N–H and O–H groups in total. The van der Waals surface area contributed by atoms with Gasteiger partial charge >= 0.3 is 0 Å². The van der Waals surface area contributed by atoms with Gasteiger partial charge in [-0.3, -0.25) is 14.7 Å². The molecule has 0 spiro atoms. The van der Waals surface area contributed by atoms with Crippen LogP contribution in [-0.2, 0) is 4.79 Å². The Morgan fingerprint density at radius 2 is 1.72 bits per heavy atom. The van der Waals surface area contributed by atoms with Gasteiger partial charge in [-0.1, -0.05) is 48.5 Å². The summed E-state index contributed by atoms with van der Waals surface area (Å²) in [6, 6.07) is 23.3. The molecule has 1 fully saturated rings. The maximum Gasteiger partial charge on any atom is 0.243 e. The maximum absolute atomic E-state index is 12.0. The first kappa shape index (κ1) is 25.6. The molecule has 188 valence electrons. The Labute approximate surface area is 214 Å². The third kappa shape index (κ3) is 7.51. The molecule has 6 nitrogen and oxygen atoms in total. The molecule has 0 radical (unpaired) electrons. The predicted molar refractivity (Wildman–Crippen MR) is 145 cm³/mol. The van der Waals surface area contributed by atoms with Gasteiger partial charge < -0.3 is 15.0 Å². The molecule has 3 aromatic rings. The smallest absolute Gasteiger partial charge is 0.243 e. The van der Waals surface area contributed by atoms with Crippen molar-refractivity contribution >= 4 is 12.0 Å². The highest BCUT2D eigenvalue weighted by atomic mass is 16.5. The predicted octanol–water partition coefficient (Wildman–Crippen LogP) is 4.41. The Morgan fingerprint density at radius 3 is 2.42 bits per heavy atom. The molecule has 4 rings (SSSR count). The second-order valence-electron chi connectivity index (χ2n) is 9.08. The molecule has 0 saturated carbocycles. The monoisotopic (exact) mass is 484 g/mol. The zero-order valence-corrected chi connectivity index (χ0v) is 21.1. The Bertz CT molecular complexity index is 1080. The minimum Gasteiger partial charge on any atom is -0.497 e. The van der Waals surface area contributed by atoms with Gasteiger partial charge in [-0.25, -0.2) is 0 Å². The van der Waals surface area contributed by atoms with Crippen LogP contribution >= 0.6 is 0 Å². The molecule has 1 aliphatic heterocycles. The minimum atomic E-state index is -0.0575. The average Bonchev–Trinajstić information content (AvgIpc) is 2.94. The Kier molecular flexibility index (Phi) is 9.65. The number of unbranched alkanes of at least 4 members (excludes halogenated alkanes) is 1. The molecule has 1 saturated heterocycles. The van der Waals surface area contributed by atoms with Crippen LogP contribution in [0.5, 0.6) is 5.75 Å². The van der Waals surface area contributed by atoms with Crippen molar-refractivity contribution < 1.29 is 9.53 Å². The number of carbonyl (C=O) groups excluding carboxylic acids is 1. The van der Waals surface area contributed by atoms with Gasteiger partial charge in [0.2, 0.25) is 5.91 Å². The van der Waals surface area contributed by atoms with Crippen LogP contribution in [0, 0.1) is 0 Å². The highest BCUT2D eigenvalue weighted by Gasteiger charge is 2.26. The number of nitrogens with zero attached hydrogens (tertiary/aromatic N) is 3. The van der Waals surface area contributed by atoms with Crippen molar-refractivity contribution in [3.8, 4) is 5.75 Å². The van der Waals surface area contributed by atoms with Gasteiger partial charge in [0.25, 0.3) is 0 Å². The molecule has 2 aromatic carbocycles. The van der Waals surface area contributed by atoms with Crippen LogP contribution in [0.4, 0.5) is 0 Å². The van der Waals surface area contributed by atoms with Crippen LogP contribution in [0.25, 0.3) is 6.08 Å². The molecule has 6 heteroatoms. The van der Waals surface area contributed by atoms with E-state index in [0.717, 1.165) is 56.9 Å². The van der Waals surface area contributed by atoms with E-state index >= 15 is 0 Å². The summed E-state index contributed by atoms with van der Waals surface area (Å²) in [5.41, 5.74) is 3.54. The molecule has 1 atom stereocenters. The van der Waals surface area contributed by atoms with Crippen LogP contribution in [-0.4, -0.2) is 67.1 Å². The molecule has 0 bridgehead atoms. The lowest BCUT2D eigenvalue weighted by atomic mass is 9.96. The lowest BCUT2D eigenvalue weighted by molar-refractivity contribution is -0.116. The highest BCUT2D eigenvalue weighted by molar-refractivity contribution is 5.91. The summed E-state index contributed by atoms with van der Waals surface area (Å²) in [7, 11) is 1.71. The number of piperazine rings is 1. The van der Waals surface area contributed by atoms with Crippen LogP contribution in [0.1, 0.15) is 35.6 Å². The van der Waals surface area contributed by atoms with Crippen LogP contribution in [0.2, 0.25) is 0 Å². The normalized spacial score (nSPS) is 15.6. The molecule has 1 aliphatic rings. The van der Waals surface area contributed by atoms with E-state index < -0.39 is 0 Å². The van der Waals surface area contributed by atoms with E-state index in [2.05, 4.69) is 74.7 Å². The van der Waals surface area contributed by atoms with E-state index in [1.54, 1.807) is 31.7 Å². The summed E-state index contributed by atoms with van der Waals surface area (Å²) in [5, 5.41) is 2.98. The number of methoxy groups -OCH3 is 1. The fourth-order valence-electron chi connectivity index (χ4n) is 4.66. The van der Waals surface area contributed by atoms with Gasteiger partial charge in [-0.2, -0.15) is 0 Å². The van der Waals surface area contributed by atoms with Gasteiger partial charge in [-0.05, 0) is 60.4 Å². The number of pyridine rings is 1. The summed E-state index contributed by atoms with van der Waals surface area (Å²) in [4.78, 5) is 21.2. The Balaban J connectivity index is 1.21. The zero-order valence-electron chi connectivity index (χ0n) is 21.1. The van der Waals surface area contributed by atoms with E-state index in [9.17, 15) is 4.79 Å². The third-order valence-electron chi connectivity index (χ3n) is 6.63. The summed E-state index contributed by atoms with van der Waals surface area (Å²) in [6.07, 6.45) is 8.87. The molecule has 36 heavy (non-hydrogen) atoms. The zero-order chi connectivity index (χ0) is 25.0. The van der Waals surface area contributed by atoms with Crippen LogP contribution in [0.15, 0.2) is 85.2 Å². The van der Waals surface area contributed by atoms with E-state index in [1.165, 1.54) is 11.1 Å². The van der Waals surface area contributed by atoms with E-state index in [4.69, 9.17) is 4.74 Å². The molecule has 0 aliphatic carbocycles. The Hall–Kier alpha value is -3.48. The molecular weight excluding hydrogens is 448 g/mol. The molecule has 1 unspecified atom stereocenters. The lowest BCUT2D eigenvalue weighted by Crippen LogP contribution is -2.48. The molecule has 1 amide bonds. The SMILES string of the molecule is COc1ccc(C(c2ccccc2)N2CCN(CCCCNC(=O)/C=C/c3cccnc3)CC2)cc1. The summed E-state index contributed by atoms with van der Waals surface area (Å²) >= 11 is 0. The van der Waals surface area contributed by atoms with E-state index in [-0.39, 0.29) is 11.9 Å². The standard InChI is InChI=1S/C30H36N4O2/c1-36-28-14-12-27(13-15-28)30(26-9-3-2-4-10-26)34-22-20-33(21-23-34)19-6-5-18-32-29(35)16-11-25-8-7-17-31-24-25/h2-4,7-17,24,30H,5-6,18-23H2,1H3,(H,32,35)/b16-11+. The molecule has 2 heterocycles. The molecular formula is C30H36N4O2. The van der Waals surface area contributed by atoms with Crippen molar-refractivity contribution in [3.63, 3.8) is 0 Å². The van der Waals surface area contributed by atoms with Crippen molar-refractivity contribution in [1.82, 2.24) is 20.1 Å². The fraction of sp³-hybridized carbons (Fsp3) is 0.333. The van der Waals surface area contributed by atoms with Crippen LogP contribution in [0.3, 0.4) is 0 Å². The van der Waals surface area contributed by atoms with Crippen molar-refractivity contribution in [3.05, 3.63) is 102 Å². The summed E-state index contributed by atoms with van der Waals surface area (Å²) < 4.78 is 5.36. The lowest BCUT2D eigenvalue weighted by Gasteiger charge is -2.40. The maximum atomic E-state index is 12.0. The average molecular weight is 485 g/mol. The number of hydrogen-bond acceptors (Lipinski definition) is 5. The van der Waals surface area contributed by atoms with Crippen molar-refractivity contribution in [2.45, 2.75) is 18.9 Å². The highest BCUT2D eigenvalue weighted by Crippen LogP contribution is 2.30. The van der Waals surface area contributed by atoms with Crippen molar-refractivity contribution in [1.29, 1.82) is 0 Å². The largest absolute Gasteiger partial charge is 0.497 e. The quantitative estimate of drug-likeness (QED) is 0.323. The van der Waals surface area contributed by atoms with Crippen molar-refractivity contribution in [2.75, 3.05) is 46.4 Å². The number of amides is 1. The summed E-state index contributed by atoms with van der Waals surface area (Å²) in [5.74, 6) is 0.828. The number of hydrogen-bond donors (Lipinski definition) is 1.